The summed E-state index contributed by atoms with van der Waals surface area (Å²) in [7, 11) is 0. The van der Waals surface area contributed by atoms with Gasteiger partial charge in [-0.2, -0.15) is 0 Å². The van der Waals surface area contributed by atoms with Gasteiger partial charge in [0.2, 0.25) is 5.88 Å². The molecule has 0 radical (unpaired) electrons. The summed E-state index contributed by atoms with van der Waals surface area (Å²) in [6.07, 6.45) is 3.45. The highest BCUT2D eigenvalue weighted by Gasteiger charge is 1.96. The second-order valence-corrected chi connectivity index (χ2v) is 2.23. The molecule has 0 aliphatic heterocycles. The van der Waals surface area contributed by atoms with Crippen LogP contribution in [0.2, 0.25) is 0 Å². The summed E-state index contributed by atoms with van der Waals surface area (Å²) >= 11 is 0. The fraction of sp³-hybridized carbons (Fsp3) is 0.222. The summed E-state index contributed by atoms with van der Waals surface area (Å²) in [5, 5.41) is 0. The zero-order chi connectivity index (χ0) is 8.10. The van der Waals surface area contributed by atoms with Crippen molar-refractivity contribution in [2.75, 3.05) is 0 Å². The SMILES string of the molecule is C=CC(C)Oc1ccccn1. The zero-order valence-electron chi connectivity index (χ0n) is 6.53. The third-order valence-corrected chi connectivity index (χ3v) is 1.28. The summed E-state index contributed by atoms with van der Waals surface area (Å²) in [5.74, 6) is 0.639. The Kier molecular flexibility index (Phi) is 2.66. The van der Waals surface area contributed by atoms with Crippen LogP contribution in [0.4, 0.5) is 0 Å². The molecule has 1 atom stereocenters. The molecule has 0 saturated heterocycles. The van der Waals surface area contributed by atoms with E-state index in [1.165, 1.54) is 0 Å². The predicted molar refractivity (Wildman–Crippen MR) is 44.5 cm³/mol. The fourth-order valence-corrected chi connectivity index (χ4v) is 0.655. The van der Waals surface area contributed by atoms with E-state index in [2.05, 4.69) is 11.6 Å². The van der Waals surface area contributed by atoms with Gasteiger partial charge in [-0.05, 0) is 13.0 Å². The lowest BCUT2D eigenvalue weighted by molar-refractivity contribution is 0.259. The number of pyridine rings is 1. The second kappa shape index (κ2) is 3.76. The Morgan fingerprint density at radius 2 is 2.45 bits per heavy atom. The van der Waals surface area contributed by atoms with Gasteiger partial charge in [-0.25, -0.2) is 4.98 Å². The van der Waals surface area contributed by atoms with Gasteiger partial charge < -0.3 is 4.74 Å². The van der Waals surface area contributed by atoms with E-state index >= 15 is 0 Å². The molecule has 1 unspecified atom stereocenters. The van der Waals surface area contributed by atoms with Gasteiger partial charge in [0.25, 0.3) is 0 Å². The first-order valence-electron chi connectivity index (χ1n) is 3.53. The van der Waals surface area contributed by atoms with Crippen LogP contribution in [0.1, 0.15) is 6.92 Å². The van der Waals surface area contributed by atoms with Crippen molar-refractivity contribution in [2.24, 2.45) is 0 Å². The Morgan fingerprint density at radius 3 is 3.00 bits per heavy atom. The Balaban J connectivity index is 2.57. The summed E-state index contributed by atoms with van der Waals surface area (Å²) in [6.45, 7) is 5.52. The fourth-order valence-electron chi connectivity index (χ4n) is 0.655. The van der Waals surface area contributed by atoms with Crippen LogP contribution >= 0.6 is 0 Å². The Hall–Kier alpha value is -1.31. The third-order valence-electron chi connectivity index (χ3n) is 1.28. The first-order valence-corrected chi connectivity index (χ1v) is 3.53. The van der Waals surface area contributed by atoms with E-state index < -0.39 is 0 Å². The van der Waals surface area contributed by atoms with Gasteiger partial charge >= 0.3 is 0 Å². The first-order chi connectivity index (χ1) is 5.33. The number of hydrogen-bond acceptors (Lipinski definition) is 2. The molecule has 2 nitrogen and oxygen atoms in total. The van der Waals surface area contributed by atoms with Crippen molar-refractivity contribution >= 4 is 0 Å². The van der Waals surface area contributed by atoms with E-state index in [4.69, 9.17) is 4.74 Å². The Morgan fingerprint density at radius 1 is 1.64 bits per heavy atom. The molecule has 0 spiro atoms. The summed E-state index contributed by atoms with van der Waals surface area (Å²) in [5.41, 5.74) is 0. The van der Waals surface area contributed by atoms with Crippen molar-refractivity contribution in [3.8, 4) is 5.88 Å². The van der Waals surface area contributed by atoms with Crippen LogP contribution in [0.3, 0.4) is 0 Å². The van der Waals surface area contributed by atoms with E-state index in [9.17, 15) is 0 Å². The minimum atomic E-state index is 0.0184. The van der Waals surface area contributed by atoms with Crippen LogP contribution in [0.25, 0.3) is 0 Å². The minimum Gasteiger partial charge on any atom is -0.470 e. The third kappa shape index (κ3) is 2.42. The molecule has 58 valence electrons. The zero-order valence-corrected chi connectivity index (χ0v) is 6.53. The highest BCUT2D eigenvalue weighted by Crippen LogP contribution is 2.05. The number of aromatic nitrogens is 1. The average molecular weight is 149 g/mol. The second-order valence-electron chi connectivity index (χ2n) is 2.23. The van der Waals surface area contributed by atoms with Gasteiger partial charge in [0, 0.05) is 12.3 Å². The molecule has 0 N–H and O–H groups in total. The van der Waals surface area contributed by atoms with Gasteiger partial charge in [0.1, 0.15) is 6.10 Å². The van der Waals surface area contributed by atoms with E-state index in [1.807, 2.05) is 25.1 Å². The topological polar surface area (TPSA) is 22.1 Å². The molecule has 0 aliphatic carbocycles. The number of ether oxygens (including phenoxy) is 1. The summed E-state index contributed by atoms with van der Waals surface area (Å²) in [4.78, 5) is 4.00. The molecule has 1 rings (SSSR count). The average Bonchev–Trinajstić information content (AvgIpc) is 2.06. The molecule has 2 heteroatoms. The van der Waals surface area contributed by atoms with Crippen LogP contribution in [-0.4, -0.2) is 11.1 Å². The van der Waals surface area contributed by atoms with E-state index in [1.54, 1.807) is 12.3 Å². The molecule has 1 heterocycles. The van der Waals surface area contributed by atoms with Crippen LogP contribution in [-0.2, 0) is 0 Å². The predicted octanol–water partition coefficient (Wildman–Crippen LogP) is 2.03. The molecular weight excluding hydrogens is 138 g/mol. The lowest BCUT2D eigenvalue weighted by atomic mass is 10.4. The highest BCUT2D eigenvalue weighted by molar-refractivity contribution is 5.10. The molecule has 1 aromatic rings. The molecule has 0 saturated carbocycles. The molecule has 0 fully saturated rings. The lowest BCUT2D eigenvalue weighted by Crippen LogP contribution is -2.07. The molecular formula is C9H11NO. The van der Waals surface area contributed by atoms with Crippen molar-refractivity contribution in [1.29, 1.82) is 0 Å². The summed E-state index contributed by atoms with van der Waals surface area (Å²) in [6, 6.07) is 5.56. The number of hydrogen-bond donors (Lipinski definition) is 0. The minimum absolute atomic E-state index is 0.0184. The monoisotopic (exact) mass is 149 g/mol. The maximum Gasteiger partial charge on any atom is 0.213 e. The van der Waals surface area contributed by atoms with Crippen molar-refractivity contribution in [3.05, 3.63) is 37.1 Å². The number of rotatable bonds is 3. The van der Waals surface area contributed by atoms with Gasteiger partial charge in [-0.3, -0.25) is 0 Å². The van der Waals surface area contributed by atoms with Gasteiger partial charge in [0.05, 0.1) is 0 Å². The van der Waals surface area contributed by atoms with Gasteiger partial charge in [0.15, 0.2) is 0 Å². The van der Waals surface area contributed by atoms with Crippen molar-refractivity contribution in [3.63, 3.8) is 0 Å². The quantitative estimate of drug-likeness (QED) is 0.613. The molecule has 0 aromatic carbocycles. The van der Waals surface area contributed by atoms with Gasteiger partial charge in [-0.15, -0.1) is 0 Å². The highest BCUT2D eigenvalue weighted by atomic mass is 16.5. The van der Waals surface area contributed by atoms with E-state index in [0.717, 1.165) is 0 Å². The van der Waals surface area contributed by atoms with Crippen molar-refractivity contribution < 1.29 is 4.74 Å². The van der Waals surface area contributed by atoms with Crippen LogP contribution in [0, 0.1) is 0 Å². The normalized spacial score (nSPS) is 12.1. The van der Waals surface area contributed by atoms with Crippen molar-refractivity contribution in [1.82, 2.24) is 4.98 Å². The number of nitrogens with zero attached hydrogens (tertiary/aromatic N) is 1. The molecule has 11 heavy (non-hydrogen) atoms. The summed E-state index contributed by atoms with van der Waals surface area (Å²) < 4.78 is 5.33. The lowest BCUT2D eigenvalue weighted by Gasteiger charge is -2.07. The smallest absolute Gasteiger partial charge is 0.213 e. The van der Waals surface area contributed by atoms with Crippen LogP contribution < -0.4 is 4.74 Å². The standard InChI is InChI=1S/C9H11NO/c1-3-8(2)11-9-6-4-5-7-10-9/h3-8H,1H2,2H3. The first kappa shape index (κ1) is 7.79. The van der Waals surface area contributed by atoms with Crippen LogP contribution in [0.5, 0.6) is 5.88 Å². The van der Waals surface area contributed by atoms with Crippen LogP contribution in [0.15, 0.2) is 37.1 Å². The van der Waals surface area contributed by atoms with Crippen molar-refractivity contribution in [2.45, 2.75) is 13.0 Å². The molecule has 0 amide bonds. The molecule has 1 aromatic heterocycles. The maximum absolute atomic E-state index is 5.33. The van der Waals surface area contributed by atoms with Gasteiger partial charge in [-0.1, -0.05) is 18.7 Å². The van der Waals surface area contributed by atoms with E-state index in [0.29, 0.717) is 5.88 Å². The molecule has 0 bridgehead atoms. The Bertz CT molecular complexity index is 220. The van der Waals surface area contributed by atoms with E-state index in [-0.39, 0.29) is 6.10 Å². The Labute approximate surface area is 66.5 Å². The molecule has 0 aliphatic rings. The maximum atomic E-state index is 5.33. The largest absolute Gasteiger partial charge is 0.470 e.